The van der Waals surface area contributed by atoms with Crippen molar-refractivity contribution in [3.8, 4) is 5.75 Å². The Labute approximate surface area is 150 Å². The second-order valence-corrected chi connectivity index (χ2v) is 8.61. The molecule has 2 aromatic carbocycles. The number of sulfone groups is 1. The van der Waals surface area contributed by atoms with E-state index in [1.165, 1.54) is 11.3 Å². The van der Waals surface area contributed by atoms with E-state index in [1.807, 2.05) is 25.1 Å². The van der Waals surface area contributed by atoms with Crippen LogP contribution in [0.1, 0.15) is 16.1 Å². The predicted octanol–water partition coefficient (Wildman–Crippen LogP) is 3.74. The zero-order valence-electron chi connectivity index (χ0n) is 13.6. The average molecular weight is 374 g/mol. The molecule has 5 nitrogen and oxygen atoms in total. The van der Waals surface area contributed by atoms with Crippen LogP contribution < -0.4 is 5.32 Å². The maximum Gasteiger partial charge on any atom is 0.184 e. The van der Waals surface area contributed by atoms with Crippen molar-refractivity contribution in [1.29, 1.82) is 0 Å². The minimum atomic E-state index is -3.40. The third-order valence-corrected chi connectivity index (χ3v) is 6.42. The molecule has 0 fully saturated rings. The summed E-state index contributed by atoms with van der Waals surface area (Å²) in [5.74, 6) is 0.187. The van der Waals surface area contributed by atoms with Crippen LogP contribution in [0.4, 0.5) is 5.69 Å². The van der Waals surface area contributed by atoms with Gasteiger partial charge in [-0.25, -0.2) is 13.4 Å². The highest BCUT2D eigenvalue weighted by Crippen LogP contribution is 2.23. The van der Waals surface area contributed by atoms with E-state index < -0.39 is 9.84 Å². The van der Waals surface area contributed by atoms with Gasteiger partial charge in [-0.05, 0) is 36.8 Å². The highest BCUT2D eigenvalue weighted by atomic mass is 32.2. The minimum absolute atomic E-state index is 0.0887. The molecule has 0 aliphatic heterocycles. The number of aryl methyl sites for hydroxylation is 1. The molecule has 0 aliphatic carbocycles. The van der Waals surface area contributed by atoms with Crippen LogP contribution in [0.2, 0.25) is 0 Å². The van der Waals surface area contributed by atoms with Crippen LogP contribution in [-0.4, -0.2) is 18.5 Å². The number of para-hydroxylation sites is 1. The number of benzene rings is 2. The Balaban J connectivity index is 1.69. The van der Waals surface area contributed by atoms with E-state index in [1.54, 1.807) is 35.8 Å². The lowest BCUT2D eigenvalue weighted by Gasteiger charge is -2.10. The van der Waals surface area contributed by atoms with Gasteiger partial charge in [0.1, 0.15) is 16.5 Å². The second kappa shape index (κ2) is 7.25. The number of hydrogen-bond acceptors (Lipinski definition) is 6. The Bertz CT molecular complexity index is 950. The fourth-order valence-corrected chi connectivity index (χ4v) is 4.67. The van der Waals surface area contributed by atoms with Crippen molar-refractivity contribution in [3.63, 3.8) is 0 Å². The largest absolute Gasteiger partial charge is 0.507 e. The van der Waals surface area contributed by atoms with Gasteiger partial charge in [0.15, 0.2) is 9.84 Å². The fourth-order valence-electron chi connectivity index (χ4n) is 2.41. The molecule has 1 heterocycles. The van der Waals surface area contributed by atoms with Crippen LogP contribution in [0.3, 0.4) is 0 Å². The van der Waals surface area contributed by atoms with Gasteiger partial charge in [0.2, 0.25) is 0 Å². The summed E-state index contributed by atoms with van der Waals surface area (Å²) >= 11 is 1.33. The first-order chi connectivity index (χ1) is 12.0. The van der Waals surface area contributed by atoms with E-state index in [2.05, 4.69) is 10.3 Å². The summed E-state index contributed by atoms with van der Waals surface area (Å²) in [6, 6.07) is 12.2. The Kier molecular flexibility index (Phi) is 5.06. The number of hydrogen-bond donors (Lipinski definition) is 2. The molecule has 0 saturated heterocycles. The SMILES string of the molecule is Cc1cccc(CNc2ccc(S(=O)(=O)Cc3nccs3)cc2)c1O. The molecule has 0 saturated carbocycles. The summed E-state index contributed by atoms with van der Waals surface area (Å²) in [7, 11) is -3.40. The summed E-state index contributed by atoms with van der Waals surface area (Å²) in [4.78, 5) is 4.30. The molecule has 3 rings (SSSR count). The number of nitrogens with one attached hydrogen (secondary N) is 1. The first-order valence-corrected chi connectivity index (χ1v) is 10.2. The van der Waals surface area contributed by atoms with Crippen LogP contribution in [0.25, 0.3) is 0 Å². The van der Waals surface area contributed by atoms with E-state index in [-0.39, 0.29) is 16.4 Å². The van der Waals surface area contributed by atoms with Crippen molar-refractivity contribution in [3.05, 3.63) is 70.2 Å². The first-order valence-electron chi connectivity index (χ1n) is 7.68. The number of rotatable bonds is 6. The van der Waals surface area contributed by atoms with Crippen molar-refractivity contribution in [2.75, 3.05) is 5.32 Å². The van der Waals surface area contributed by atoms with Crippen molar-refractivity contribution >= 4 is 26.9 Å². The lowest BCUT2D eigenvalue weighted by molar-refractivity contribution is 0.465. The minimum Gasteiger partial charge on any atom is -0.507 e. The fraction of sp³-hybridized carbons (Fsp3) is 0.167. The Morgan fingerprint density at radius 2 is 1.92 bits per heavy atom. The molecule has 0 radical (unpaired) electrons. The predicted molar refractivity (Wildman–Crippen MR) is 99.6 cm³/mol. The van der Waals surface area contributed by atoms with E-state index >= 15 is 0 Å². The highest BCUT2D eigenvalue weighted by molar-refractivity contribution is 7.90. The van der Waals surface area contributed by atoms with Gasteiger partial charge in [0.25, 0.3) is 0 Å². The zero-order valence-corrected chi connectivity index (χ0v) is 15.3. The quantitative estimate of drug-likeness (QED) is 0.687. The molecule has 7 heteroatoms. The number of anilines is 1. The van der Waals surface area contributed by atoms with Crippen molar-refractivity contribution in [2.45, 2.75) is 24.1 Å². The average Bonchev–Trinajstić information content (AvgIpc) is 3.09. The lowest BCUT2D eigenvalue weighted by atomic mass is 10.1. The monoisotopic (exact) mass is 374 g/mol. The number of thiazole rings is 1. The van der Waals surface area contributed by atoms with Crippen LogP contribution in [0, 0.1) is 6.92 Å². The van der Waals surface area contributed by atoms with Gasteiger partial charge in [0, 0.05) is 29.4 Å². The van der Waals surface area contributed by atoms with Crippen molar-refractivity contribution < 1.29 is 13.5 Å². The number of phenolic OH excluding ortho intramolecular Hbond substituents is 1. The van der Waals surface area contributed by atoms with Gasteiger partial charge in [-0.3, -0.25) is 0 Å². The van der Waals surface area contributed by atoms with E-state index in [0.29, 0.717) is 11.6 Å². The molecule has 0 aliphatic rings. The van der Waals surface area contributed by atoms with Gasteiger partial charge in [-0.2, -0.15) is 0 Å². The number of nitrogens with zero attached hydrogens (tertiary/aromatic N) is 1. The highest BCUT2D eigenvalue weighted by Gasteiger charge is 2.16. The molecule has 0 bridgehead atoms. The zero-order chi connectivity index (χ0) is 17.9. The van der Waals surface area contributed by atoms with E-state index in [0.717, 1.165) is 16.8 Å². The molecule has 1 aromatic heterocycles. The summed E-state index contributed by atoms with van der Waals surface area (Å²) < 4.78 is 24.8. The van der Waals surface area contributed by atoms with E-state index in [9.17, 15) is 13.5 Å². The first kappa shape index (κ1) is 17.4. The summed E-state index contributed by atoms with van der Waals surface area (Å²) in [6.07, 6.45) is 1.60. The van der Waals surface area contributed by atoms with Crippen LogP contribution in [0.15, 0.2) is 58.9 Å². The Morgan fingerprint density at radius 1 is 1.16 bits per heavy atom. The summed E-state index contributed by atoms with van der Waals surface area (Å²) in [5.41, 5.74) is 2.40. The third kappa shape index (κ3) is 4.18. The second-order valence-electron chi connectivity index (χ2n) is 5.65. The molecule has 25 heavy (non-hydrogen) atoms. The molecule has 2 N–H and O–H groups in total. The van der Waals surface area contributed by atoms with Crippen LogP contribution in [-0.2, 0) is 22.1 Å². The third-order valence-electron chi connectivity index (χ3n) is 3.81. The van der Waals surface area contributed by atoms with Gasteiger partial charge < -0.3 is 10.4 Å². The summed E-state index contributed by atoms with van der Waals surface area (Å²) in [6.45, 7) is 2.31. The van der Waals surface area contributed by atoms with Gasteiger partial charge in [-0.1, -0.05) is 18.2 Å². The van der Waals surface area contributed by atoms with Crippen LogP contribution in [0.5, 0.6) is 5.75 Å². The van der Waals surface area contributed by atoms with Crippen molar-refractivity contribution in [1.82, 2.24) is 4.98 Å². The molecular formula is C18H18N2O3S2. The number of aromatic nitrogens is 1. The molecule has 0 amide bonds. The summed E-state index contributed by atoms with van der Waals surface area (Å²) in [5, 5.41) is 15.6. The molecule has 0 unspecified atom stereocenters. The van der Waals surface area contributed by atoms with Crippen molar-refractivity contribution in [2.24, 2.45) is 0 Å². The normalized spacial score (nSPS) is 11.4. The Morgan fingerprint density at radius 3 is 2.60 bits per heavy atom. The van der Waals surface area contributed by atoms with Gasteiger partial charge in [-0.15, -0.1) is 11.3 Å². The molecule has 0 atom stereocenters. The standard InChI is InChI=1S/C18H18N2O3S2/c1-13-3-2-4-14(18(13)21)11-20-15-5-7-16(8-6-15)25(22,23)12-17-19-9-10-24-17/h2-10,20-21H,11-12H2,1H3. The number of phenols is 1. The molecule has 130 valence electrons. The maximum atomic E-state index is 12.4. The molecule has 0 spiro atoms. The van der Waals surface area contributed by atoms with E-state index in [4.69, 9.17) is 0 Å². The topological polar surface area (TPSA) is 79.3 Å². The smallest absolute Gasteiger partial charge is 0.184 e. The Hall–Kier alpha value is -2.38. The van der Waals surface area contributed by atoms with Gasteiger partial charge >= 0.3 is 0 Å². The van der Waals surface area contributed by atoms with Gasteiger partial charge in [0.05, 0.1) is 4.90 Å². The van der Waals surface area contributed by atoms with Crippen LogP contribution >= 0.6 is 11.3 Å². The maximum absolute atomic E-state index is 12.4. The number of aromatic hydroxyl groups is 1. The lowest BCUT2D eigenvalue weighted by Crippen LogP contribution is -2.05. The molecular weight excluding hydrogens is 356 g/mol. The molecule has 3 aromatic rings.